The number of hydrogen-bond acceptors (Lipinski definition) is 5. The lowest BCUT2D eigenvalue weighted by atomic mass is 9.67. The number of fused-ring (bicyclic) bond motifs is 4. The van der Waals surface area contributed by atoms with Gasteiger partial charge in [0.1, 0.15) is 5.75 Å². The Kier molecular flexibility index (Phi) is 7.45. The van der Waals surface area contributed by atoms with Gasteiger partial charge in [-0.1, -0.05) is 42.5 Å². The normalized spacial score (nSPS) is 26.5. The standard InChI is InChI=1S/C33H41N3O3/c1-7-21-18-36-19-28(32(38)35-33(4,5)23-10-8-9-22(15-23)20(2)3)26(21)17-30(36)31(37)25-13-14-34-29-12-11-24(39-6)16-27(25)29/h7-13,15-16,21,26,28,30-31,34,37H,1-2,14,17-19H2,3-6H3,(H,35,38)/t21-,26?,28?,30-,31+/m0/s1. The highest BCUT2D eigenvalue weighted by atomic mass is 16.5. The van der Waals surface area contributed by atoms with Gasteiger partial charge in [-0.05, 0) is 80.0 Å². The third-order valence-electron chi connectivity index (χ3n) is 8.91. The molecular formula is C33H41N3O3. The Balaban J connectivity index is 1.35. The SMILES string of the molecule is C=C[C@H]1CN2CC(C(=O)NC(C)(C)c3cccc(C(=C)C)c3)C1C[C@H]2[C@H](O)C1=CCNc2ccc(OC)cc21. The second-order valence-electron chi connectivity index (χ2n) is 11.8. The summed E-state index contributed by atoms with van der Waals surface area (Å²) in [4.78, 5) is 16.1. The van der Waals surface area contributed by atoms with E-state index in [2.05, 4.69) is 60.7 Å². The molecule has 6 nitrogen and oxygen atoms in total. The van der Waals surface area contributed by atoms with E-state index in [1.807, 2.05) is 43.3 Å². The molecule has 6 rings (SSSR count). The number of nitrogens with zero attached hydrogens (tertiary/aromatic N) is 1. The summed E-state index contributed by atoms with van der Waals surface area (Å²) in [5, 5.41) is 18.4. The van der Waals surface area contributed by atoms with Gasteiger partial charge in [-0.2, -0.15) is 0 Å². The van der Waals surface area contributed by atoms with Crippen LogP contribution in [0, 0.1) is 17.8 Å². The highest BCUT2D eigenvalue weighted by molar-refractivity contribution is 5.83. The number of benzene rings is 2. The monoisotopic (exact) mass is 527 g/mol. The van der Waals surface area contributed by atoms with Gasteiger partial charge in [-0.15, -0.1) is 6.58 Å². The predicted molar refractivity (Wildman–Crippen MR) is 158 cm³/mol. The molecule has 1 amide bonds. The Bertz CT molecular complexity index is 1310. The average Bonchev–Trinajstić information content (AvgIpc) is 2.95. The molecule has 206 valence electrons. The van der Waals surface area contributed by atoms with Crippen molar-refractivity contribution in [3.05, 3.63) is 84.5 Å². The largest absolute Gasteiger partial charge is 0.497 e. The van der Waals surface area contributed by atoms with Crippen molar-refractivity contribution in [1.29, 1.82) is 0 Å². The number of allylic oxidation sites excluding steroid dienone is 1. The van der Waals surface area contributed by atoms with Crippen LogP contribution in [0.4, 0.5) is 5.69 Å². The maximum Gasteiger partial charge on any atom is 0.225 e. The van der Waals surface area contributed by atoms with Crippen molar-refractivity contribution >= 4 is 22.7 Å². The zero-order valence-corrected chi connectivity index (χ0v) is 23.5. The van der Waals surface area contributed by atoms with Crippen LogP contribution in [0.25, 0.3) is 11.1 Å². The highest BCUT2D eigenvalue weighted by Gasteiger charge is 2.50. The van der Waals surface area contributed by atoms with Crippen LogP contribution in [0.3, 0.4) is 0 Å². The minimum Gasteiger partial charge on any atom is -0.497 e. The van der Waals surface area contributed by atoms with Gasteiger partial charge in [0.15, 0.2) is 0 Å². The first-order valence-corrected chi connectivity index (χ1v) is 13.9. The van der Waals surface area contributed by atoms with E-state index in [4.69, 9.17) is 4.74 Å². The molecule has 2 aromatic carbocycles. The summed E-state index contributed by atoms with van der Waals surface area (Å²) in [6.07, 6.45) is 4.15. The fourth-order valence-electron chi connectivity index (χ4n) is 6.62. The summed E-state index contributed by atoms with van der Waals surface area (Å²) in [5.74, 6) is 0.995. The Labute approximate surface area is 232 Å². The maximum atomic E-state index is 13.8. The van der Waals surface area contributed by atoms with Gasteiger partial charge < -0.3 is 20.5 Å². The van der Waals surface area contributed by atoms with Gasteiger partial charge in [0.2, 0.25) is 5.91 Å². The number of aliphatic hydroxyl groups excluding tert-OH is 1. The number of carbonyl (C=O) groups excluding carboxylic acids is 1. The first kappa shape index (κ1) is 27.2. The van der Waals surface area contributed by atoms with Crippen LogP contribution in [-0.2, 0) is 10.3 Å². The van der Waals surface area contributed by atoms with Gasteiger partial charge in [0.05, 0.1) is 24.7 Å². The van der Waals surface area contributed by atoms with Crippen molar-refractivity contribution in [2.45, 2.75) is 44.9 Å². The predicted octanol–water partition coefficient (Wildman–Crippen LogP) is 5.07. The third kappa shape index (κ3) is 5.15. The van der Waals surface area contributed by atoms with Crippen molar-refractivity contribution in [1.82, 2.24) is 10.2 Å². The number of methoxy groups -OCH3 is 1. The van der Waals surface area contributed by atoms with E-state index >= 15 is 0 Å². The van der Waals surface area contributed by atoms with Crippen LogP contribution in [0.2, 0.25) is 0 Å². The number of aliphatic hydroxyl groups is 1. The van der Waals surface area contributed by atoms with Crippen LogP contribution >= 0.6 is 0 Å². The number of rotatable bonds is 8. The molecular weight excluding hydrogens is 486 g/mol. The summed E-state index contributed by atoms with van der Waals surface area (Å²) in [7, 11) is 1.66. The number of carbonyl (C=O) groups is 1. The number of hydrogen-bond donors (Lipinski definition) is 3. The van der Waals surface area contributed by atoms with Gasteiger partial charge in [0, 0.05) is 36.9 Å². The molecule has 6 atom stereocenters. The van der Waals surface area contributed by atoms with Gasteiger partial charge in [0.25, 0.3) is 0 Å². The molecule has 3 unspecified atom stereocenters. The quantitative estimate of drug-likeness (QED) is 0.418. The van der Waals surface area contributed by atoms with Crippen LogP contribution in [0.15, 0.2) is 67.8 Å². The Morgan fingerprint density at radius 1 is 1.26 bits per heavy atom. The number of ether oxygens (including phenoxy) is 1. The summed E-state index contributed by atoms with van der Waals surface area (Å²) in [6.45, 7) is 16.4. The fraction of sp³-hybridized carbons (Fsp3) is 0.424. The second-order valence-corrected chi connectivity index (χ2v) is 11.8. The molecule has 2 aromatic rings. The summed E-state index contributed by atoms with van der Waals surface area (Å²) in [5.41, 5.74) is 5.51. The van der Waals surface area contributed by atoms with Crippen LogP contribution < -0.4 is 15.4 Å². The van der Waals surface area contributed by atoms with Crippen LogP contribution in [0.5, 0.6) is 5.75 Å². The summed E-state index contributed by atoms with van der Waals surface area (Å²) < 4.78 is 5.46. The highest BCUT2D eigenvalue weighted by Crippen LogP contribution is 2.45. The van der Waals surface area contributed by atoms with E-state index in [0.29, 0.717) is 13.1 Å². The summed E-state index contributed by atoms with van der Waals surface area (Å²) in [6, 6.07) is 14.1. The molecule has 4 aliphatic rings. The lowest BCUT2D eigenvalue weighted by molar-refractivity contribution is -0.139. The minimum atomic E-state index is -0.656. The van der Waals surface area contributed by atoms with Crippen molar-refractivity contribution in [2.24, 2.45) is 17.8 Å². The molecule has 4 heterocycles. The minimum absolute atomic E-state index is 0.0566. The molecule has 2 bridgehead atoms. The van der Waals surface area contributed by atoms with Crippen molar-refractivity contribution in [3.63, 3.8) is 0 Å². The Morgan fingerprint density at radius 2 is 2.05 bits per heavy atom. The lowest BCUT2D eigenvalue weighted by Gasteiger charge is -2.54. The van der Waals surface area contributed by atoms with E-state index in [0.717, 1.165) is 52.2 Å². The van der Waals surface area contributed by atoms with E-state index in [1.54, 1.807) is 7.11 Å². The topological polar surface area (TPSA) is 73.8 Å². The zero-order valence-electron chi connectivity index (χ0n) is 23.5. The average molecular weight is 528 g/mol. The number of anilines is 1. The molecule has 4 aliphatic heterocycles. The first-order chi connectivity index (χ1) is 18.6. The van der Waals surface area contributed by atoms with E-state index in [-0.39, 0.29) is 29.7 Å². The summed E-state index contributed by atoms with van der Waals surface area (Å²) >= 11 is 0. The molecule has 0 radical (unpaired) electrons. The van der Waals surface area contributed by atoms with Gasteiger partial charge in [-0.25, -0.2) is 0 Å². The Hall–Kier alpha value is -3.35. The van der Waals surface area contributed by atoms with Crippen LogP contribution in [0.1, 0.15) is 43.9 Å². The molecule has 3 N–H and O–H groups in total. The maximum absolute atomic E-state index is 13.8. The first-order valence-electron chi connectivity index (χ1n) is 13.9. The fourth-order valence-corrected chi connectivity index (χ4v) is 6.62. The van der Waals surface area contributed by atoms with Crippen LogP contribution in [-0.4, -0.2) is 54.8 Å². The third-order valence-corrected chi connectivity index (χ3v) is 8.91. The molecule has 39 heavy (non-hydrogen) atoms. The van der Waals surface area contributed by atoms with Gasteiger partial charge in [-0.3, -0.25) is 9.69 Å². The molecule has 0 saturated carbocycles. The smallest absolute Gasteiger partial charge is 0.225 e. The molecule has 3 fully saturated rings. The molecule has 0 spiro atoms. The second kappa shape index (κ2) is 10.7. The number of nitrogens with one attached hydrogen (secondary N) is 2. The van der Waals surface area contributed by atoms with Gasteiger partial charge >= 0.3 is 0 Å². The molecule has 3 saturated heterocycles. The lowest BCUT2D eigenvalue weighted by Crippen LogP contribution is -2.64. The van der Waals surface area contributed by atoms with E-state index < -0.39 is 11.6 Å². The van der Waals surface area contributed by atoms with Crippen molar-refractivity contribution in [3.8, 4) is 5.75 Å². The number of amides is 1. The molecule has 0 aliphatic carbocycles. The van der Waals surface area contributed by atoms with Crippen molar-refractivity contribution < 1.29 is 14.6 Å². The Morgan fingerprint density at radius 3 is 2.74 bits per heavy atom. The van der Waals surface area contributed by atoms with E-state index in [1.165, 1.54) is 0 Å². The van der Waals surface area contributed by atoms with E-state index in [9.17, 15) is 9.90 Å². The molecule has 0 aromatic heterocycles. The zero-order chi connectivity index (χ0) is 27.9. The molecule has 6 heteroatoms. The van der Waals surface area contributed by atoms with Crippen molar-refractivity contribution in [2.75, 3.05) is 32.1 Å². The number of piperidine rings is 3.